The molecule has 2 rings (SSSR count). The normalized spacial score (nSPS) is 15.8. The van der Waals surface area contributed by atoms with Crippen molar-refractivity contribution in [1.29, 1.82) is 0 Å². The molecule has 1 aromatic carbocycles. The minimum absolute atomic E-state index is 0.194. The van der Waals surface area contributed by atoms with E-state index in [9.17, 15) is 4.79 Å². The number of carbonyl (C=O) groups excluding carboxylic acids is 1. The van der Waals surface area contributed by atoms with Gasteiger partial charge in [0.2, 0.25) is 0 Å². The highest BCUT2D eigenvalue weighted by Crippen LogP contribution is 2.22. The quantitative estimate of drug-likeness (QED) is 0.933. The molecule has 0 saturated carbocycles. The first-order valence-electron chi connectivity index (χ1n) is 5.97. The lowest BCUT2D eigenvalue weighted by Gasteiger charge is -2.15. The van der Waals surface area contributed by atoms with Crippen molar-refractivity contribution < 1.29 is 9.53 Å². The molecule has 1 N–H and O–H groups in total. The molecule has 6 heteroatoms. The lowest BCUT2D eigenvalue weighted by molar-refractivity contribution is -0.125. The standard InChI is InChI=1S/C13H15ClN2O2S/c1-8-7-10(3-4-11(8)14)18-9(2)12(17)16-13-15-5-6-19-13/h3-4,7,9H,5-6H2,1-2H3,(H,15,16,17). The summed E-state index contributed by atoms with van der Waals surface area (Å²) in [7, 11) is 0. The second-order valence-corrected chi connectivity index (χ2v) is 5.69. The van der Waals surface area contributed by atoms with Crippen molar-refractivity contribution in [2.24, 2.45) is 4.99 Å². The van der Waals surface area contributed by atoms with E-state index in [0.29, 0.717) is 15.9 Å². The second kappa shape index (κ2) is 6.30. The number of nitrogens with one attached hydrogen (secondary N) is 1. The molecule has 1 unspecified atom stereocenters. The molecule has 0 fully saturated rings. The first kappa shape index (κ1) is 14.2. The van der Waals surface area contributed by atoms with Crippen LogP contribution >= 0.6 is 23.4 Å². The van der Waals surface area contributed by atoms with Gasteiger partial charge in [-0.15, -0.1) is 0 Å². The van der Waals surface area contributed by atoms with E-state index in [4.69, 9.17) is 16.3 Å². The third kappa shape index (κ3) is 3.88. The van der Waals surface area contributed by atoms with Crippen LogP contribution in [0.3, 0.4) is 0 Å². The molecule has 1 aromatic rings. The Morgan fingerprint density at radius 2 is 2.37 bits per heavy atom. The van der Waals surface area contributed by atoms with E-state index < -0.39 is 6.10 Å². The van der Waals surface area contributed by atoms with Crippen molar-refractivity contribution in [1.82, 2.24) is 5.32 Å². The highest BCUT2D eigenvalue weighted by Gasteiger charge is 2.18. The molecule has 1 amide bonds. The summed E-state index contributed by atoms with van der Waals surface area (Å²) in [5.74, 6) is 1.35. The predicted molar refractivity (Wildman–Crippen MR) is 79.2 cm³/mol. The van der Waals surface area contributed by atoms with Crippen LogP contribution in [0.5, 0.6) is 5.75 Å². The van der Waals surface area contributed by atoms with Gasteiger partial charge in [-0.2, -0.15) is 0 Å². The van der Waals surface area contributed by atoms with E-state index in [2.05, 4.69) is 10.3 Å². The Balaban J connectivity index is 1.93. The zero-order valence-electron chi connectivity index (χ0n) is 10.8. The van der Waals surface area contributed by atoms with Gasteiger partial charge in [0, 0.05) is 10.8 Å². The Morgan fingerprint density at radius 1 is 1.58 bits per heavy atom. The molecule has 0 saturated heterocycles. The number of ether oxygens (including phenoxy) is 1. The van der Waals surface area contributed by atoms with Crippen molar-refractivity contribution in [3.63, 3.8) is 0 Å². The number of thioether (sulfide) groups is 1. The molecule has 1 atom stereocenters. The Kier molecular flexibility index (Phi) is 4.71. The molecule has 19 heavy (non-hydrogen) atoms. The summed E-state index contributed by atoms with van der Waals surface area (Å²) in [6, 6.07) is 5.32. The summed E-state index contributed by atoms with van der Waals surface area (Å²) >= 11 is 7.48. The number of hydrogen-bond acceptors (Lipinski definition) is 4. The Hall–Kier alpha value is -1.20. The smallest absolute Gasteiger partial charge is 0.266 e. The highest BCUT2D eigenvalue weighted by atomic mass is 35.5. The number of benzene rings is 1. The van der Waals surface area contributed by atoms with Gasteiger partial charge < -0.3 is 10.1 Å². The van der Waals surface area contributed by atoms with Gasteiger partial charge in [0.1, 0.15) is 5.75 Å². The summed E-state index contributed by atoms with van der Waals surface area (Å²) in [4.78, 5) is 16.1. The van der Waals surface area contributed by atoms with Crippen LogP contribution in [0.2, 0.25) is 5.02 Å². The maximum absolute atomic E-state index is 11.9. The van der Waals surface area contributed by atoms with Crippen molar-refractivity contribution in [2.75, 3.05) is 12.3 Å². The van der Waals surface area contributed by atoms with E-state index in [-0.39, 0.29) is 5.91 Å². The molecular weight excluding hydrogens is 284 g/mol. The van der Waals surface area contributed by atoms with Crippen LogP contribution in [0, 0.1) is 6.92 Å². The largest absolute Gasteiger partial charge is 0.481 e. The van der Waals surface area contributed by atoms with Crippen LogP contribution in [0.25, 0.3) is 0 Å². The van der Waals surface area contributed by atoms with E-state index in [1.54, 1.807) is 30.8 Å². The average Bonchev–Trinajstić information content (AvgIpc) is 2.86. The van der Waals surface area contributed by atoms with Crippen LogP contribution in [-0.2, 0) is 4.79 Å². The number of nitrogens with zero attached hydrogens (tertiary/aromatic N) is 1. The maximum Gasteiger partial charge on any atom is 0.266 e. The van der Waals surface area contributed by atoms with Crippen LogP contribution < -0.4 is 10.1 Å². The fourth-order valence-electron chi connectivity index (χ4n) is 1.57. The molecular formula is C13H15ClN2O2S. The zero-order valence-corrected chi connectivity index (χ0v) is 12.3. The fraction of sp³-hybridized carbons (Fsp3) is 0.385. The van der Waals surface area contributed by atoms with Crippen LogP contribution in [0.4, 0.5) is 0 Å². The summed E-state index contributed by atoms with van der Waals surface area (Å²) < 4.78 is 5.59. The SMILES string of the molecule is Cc1cc(OC(C)C(=O)NC2=NCCS2)ccc1Cl. The monoisotopic (exact) mass is 298 g/mol. The molecule has 0 spiro atoms. The molecule has 4 nitrogen and oxygen atoms in total. The zero-order chi connectivity index (χ0) is 13.8. The predicted octanol–water partition coefficient (Wildman–Crippen LogP) is 2.63. The number of amidine groups is 1. The number of halogens is 1. The molecule has 1 aliphatic heterocycles. The van der Waals surface area contributed by atoms with Crippen molar-refractivity contribution in [3.8, 4) is 5.75 Å². The fourth-order valence-corrected chi connectivity index (χ4v) is 2.41. The lowest BCUT2D eigenvalue weighted by atomic mass is 10.2. The topological polar surface area (TPSA) is 50.7 Å². The number of carbonyl (C=O) groups is 1. The Labute approximate surface area is 121 Å². The van der Waals surface area contributed by atoms with Crippen molar-refractivity contribution in [3.05, 3.63) is 28.8 Å². The third-order valence-corrected chi connectivity index (χ3v) is 3.94. The maximum atomic E-state index is 11.9. The van der Waals surface area contributed by atoms with Gasteiger partial charge in [-0.05, 0) is 37.6 Å². The van der Waals surface area contributed by atoms with Gasteiger partial charge in [0.15, 0.2) is 11.3 Å². The summed E-state index contributed by atoms with van der Waals surface area (Å²) in [5.41, 5.74) is 0.919. The van der Waals surface area contributed by atoms with Gasteiger partial charge in [0.25, 0.3) is 5.91 Å². The minimum Gasteiger partial charge on any atom is -0.481 e. The van der Waals surface area contributed by atoms with Crippen LogP contribution in [0.15, 0.2) is 23.2 Å². The highest BCUT2D eigenvalue weighted by molar-refractivity contribution is 8.14. The first-order chi connectivity index (χ1) is 9.06. The Bertz CT molecular complexity index is 519. The van der Waals surface area contributed by atoms with E-state index in [1.807, 2.05) is 13.0 Å². The summed E-state index contributed by atoms with van der Waals surface area (Å²) in [6.45, 7) is 4.36. The van der Waals surface area contributed by atoms with Gasteiger partial charge in [-0.1, -0.05) is 23.4 Å². The molecule has 0 radical (unpaired) electrons. The summed E-state index contributed by atoms with van der Waals surface area (Å²) in [6.07, 6.45) is -0.579. The van der Waals surface area contributed by atoms with Gasteiger partial charge >= 0.3 is 0 Å². The lowest BCUT2D eigenvalue weighted by Crippen LogP contribution is -2.38. The van der Waals surface area contributed by atoms with Gasteiger partial charge in [-0.3, -0.25) is 9.79 Å². The van der Waals surface area contributed by atoms with Crippen LogP contribution in [0.1, 0.15) is 12.5 Å². The first-order valence-corrected chi connectivity index (χ1v) is 7.33. The molecule has 102 valence electrons. The molecule has 1 aliphatic rings. The molecule has 0 aliphatic carbocycles. The number of amides is 1. The van der Waals surface area contributed by atoms with Crippen molar-refractivity contribution >= 4 is 34.4 Å². The Morgan fingerprint density at radius 3 is 3.00 bits per heavy atom. The number of rotatable bonds is 3. The number of aryl methyl sites for hydroxylation is 1. The average molecular weight is 299 g/mol. The number of aliphatic imine (C=N–C) groups is 1. The van der Waals surface area contributed by atoms with Gasteiger partial charge in [-0.25, -0.2) is 0 Å². The summed E-state index contributed by atoms with van der Waals surface area (Å²) in [5, 5.41) is 4.10. The second-order valence-electron chi connectivity index (χ2n) is 4.20. The minimum atomic E-state index is -0.579. The van der Waals surface area contributed by atoms with E-state index in [0.717, 1.165) is 17.9 Å². The number of hydrogen-bond donors (Lipinski definition) is 1. The van der Waals surface area contributed by atoms with Crippen LogP contribution in [-0.4, -0.2) is 29.5 Å². The third-order valence-electron chi connectivity index (χ3n) is 2.63. The van der Waals surface area contributed by atoms with Crippen molar-refractivity contribution in [2.45, 2.75) is 20.0 Å². The molecule has 0 aromatic heterocycles. The molecule has 0 bridgehead atoms. The van der Waals surface area contributed by atoms with E-state index >= 15 is 0 Å². The molecule has 1 heterocycles. The van der Waals surface area contributed by atoms with E-state index in [1.165, 1.54) is 0 Å². The van der Waals surface area contributed by atoms with Gasteiger partial charge in [0.05, 0.1) is 6.54 Å².